The van der Waals surface area contributed by atoms with E-state index in [-0.39, 0.29) is 17.2 Å². The third-order valence-corrected chi connectivity index (χ3v) is 3.53. The smallest absolute Gasteiger partial charge is 0.254 e. The number of nitrogens with zero attached hydrogens (tertiary/aromatic N) is 2. The van der Waals surface area contributed by atoms with E-state index in [4.69, 9.17) is 5.26 Å². The number of aromatic nitrogens is 1. The molecule has 0 saturated heterocycles. The minimum absolute atomic E-state index is 0.135. The second-order valence-electron chi connectivity index (χ2n) is 5.09. The molecular formula is C17H18N4O3. The Bertz CT molecular complexity index is 743. The average molecular weight is 326 g/mol. The fourth-order valence-electron chi connectivity index (χ4n) is 2.29. The number of rotatable bonds is 6. The predicted octanol–water partition coefficient (Wildman–Crippen LogP) is 0.819. The van der Waals surface area contributed by atoms with Crippen LogP contribution >= 0.6 is 0 Å². The molecule has 0 unspecified atom stereocenters. The Morgan fingerprint density at radius 2 is 2.08 bits per heavy atom. The van der Waals surface area contributed by atoms with Crippen molar-refractivity contribution in [2.45, 2.75) is 12.1 Å². The lowest BCUT2D eigenvalue weighted by molar-refractivity contribution is 0.0793. The van der Waals surface area contributed by atoms with Gasteiger partial charge in [-0.05, 0) is 11.6 Å². The number of nitriles is 1. The van der Waals surface area contributed by atoms with E-state index in [1.165, 1.54) is 19.3 Å². The van der Waals surface area contributed by atoms with Crippen molar-refractivity contribution >= 4 is 11.6 Å². The number of hydrogen-bond donors (Lipinski definition) is 4. The normalized spacial score (nSPS) is 12.8. The fourth-order valence-corrected chi connectivity index (χ4v) is 2.29. The van der Waals surface area contributed by atoms with Gasteiger partial charge in [0.05, 0.1) is 23.9 Å². The molecule has 2 rings (SSSR count). The second kappa shape index (κ2) is 8.06. The molecule has 0 fully saturated rings. The van der Waals surface area contributed by atoms with E-state index < -0.39 is 18.8 Å². The van der Waals surface area contributed by atoms with Crippen molar-refractivity contribution in [1.82, 2.24) is 10.3 Å². The number of carbonyl (C=O) groups is 1. The van der Waals surface area contributed by atoms with Gasteiger partial charge in [-0.3, -0.25) is 4.79 Å². The summed E-state index contributed by atoms with van der Waals surface area (Å²) in [5, 5.41) is 34.1. The molecule has 0 aliphatic carbocycles. The summed E-state index contributed by atoms with van der Waals surface area (Å²) in [6.07, 6.45) is 0.205. The Labute approximate surface area is 139 Å². The van der Waals surface area contributed by atoms with Gasteiger partial charge in [0.1, 0.15) is 17.9 Å². The summed E-state index contributed by atoms with van der Waals surface area (Å²) in [5.41, 5.74) is 1.46. The number of nitrogens with one attached hydrogen (secondary N) is 2. The number of pyridine rings is 1. The Morgan fingerprint density at radius 3 is 2.67 bits per heavy atom. The fraction of sp³-hybridized carbons (Fsp3) is 0.235. The van der Waals surface area contributed by atoms with E-state index in [1.54, 1.807) is 24.3 Å². The van der Waals surface area contributed by atoms with Crippen molar-refractivity contribution < 1.29 is 15.0 Å². The van der Waals surface area contributed by atoms with E-state index in [0.29, 0.717) is 5.69 Å². The lowest BCUT2D eigenvalue weighted by Gasteiger charge is -2.25. The van der Waals surface area contributed by atoms with Crippen LogP contribution < -0.4 is 10.6 Å². The summed E-state index contributed by atoms with van der Waals surface area (Å²) >= 11 is 0. The Balaban J connectivity index is 2.45. The van der Waals surface area contributed by atoms with Crippen molar-refractivity contribution in [3.63, 3.8) is 0 Å². The van der Waals surface area contributed by atoms with Crippen molar-refractivity contribution in [3.05, 3.63) is 59.4 Å². The first-order valence-corrected chi connectivity index (χ1v) is 7.33. The number of anilines is 1. The molecule has 0 spiro atoms. The van der Waals surface area contributed by atoms with Gasteiger partial charge < -0.3 is 20.8 Å². The van der Waals surface area contributed by atoms with Gasteiger partial charge in [0.2, 0.25) is 0 Å². The quantitative estimate of drug-likeness (QED) is 0.624. The molecule has 0 radical (unpaired) electrons. The van der Waals surface area contributed by atoms with Crippen LogP contribution in [0, 0.1) is 11.3 Å². The average Bonchev–Trinajstić information content (AvgIpc) is 2.65. The van der Waals surface area contributed by atoms with Crippen molar-refractivity contribution in [1.29, 1.82) is 5.26 Å². The summed E-state index contributed by atoms with van der Waals surface area (Å²) < 4.78 is 0. The zero-order valence-electron chi connectivity index (χ0n) is 13.1. The summed E-state index contributed by atoms with van der Waals surface area (Å²) in [7, 11) is 1.49. The van der Waals surface area contributed by atoms with E-state index in [9.17, 15) is 15.0 Å². The SMILES string of the molecule is CNC(=O)c1cnc(C#N)cc1N[C@@H](c1ccccc1)[C@H](O)CO. The molecule has 24 heavy (non-hydrogen) atoms. The summed E-state index contributed by atoms with van der Waals surface area (Å²) in [6.45, 7) is -0.460. The highest BCUT2D eigenvalue weighted by atomic mass is 16.3. The molecule has 0 aliphatic heterocycles. The van der Waals surface area contributed by atoms with Crippen LogP contribution in [0.1, 0.15) is 27.7 Å². The maximum atomic E-state index is 12.0. The van der Waals surface area contributed by atoms with E-state index >= 15 is 0 Å². The lowest BCUT2D eigenvalue weighted by atomic mass is 10.0. The first-order valence-electron chi connectivity index (χ1n) is 7.33. The molecule has 0 saturated carbocycles. The van der Waals surface area contributed by atoms with Crippen LogP contribution in [-0.4, -0.2) is 40.9 Å². The van der Waals surface area contributed by atoms with Gasteiger partial charge in [0.25, 0.3) is 5.91 Å². The van der Waals surface area contributed by atoms with Crippen LogP contribution in [0.25, 0.3) is 0 Å². The molecule has 2 atom stereocenters. The molecule has 124 valence electrons. The van der Waals surface area contributed by atoms with Crippen LogP contribution in [0.2, 0.25) is 0 Å². The third-order valence-electron chi connectivity index (χ3n) is 3.53. The van der Waals surface area contributed by atoms with Crippen LogP contribution in [0.4, 0.5) is 5.69 Å². The standard InChI is InChI=1S/C17H18N4O3/c1-19-17(24)13-9-20-12(8-18)7-14(13)21-16(15(23)10-22)11-5-3-2-4-6-11/h2-7,9,15-16,22-23H,10H2,1H3,(H,19,24)(H,20,21)/t15-,16+/m1/s1. The minimum atomic E-state index is -1.09. The number of carbonyl (C=O) groups excluding carboxylic acids is 1. The van der Waals surface area contributed by atoms with Crippen molar-refractivity contribution in [3.8, 4) is 6.07 Å². The van der Waals surface area contributed by atoms with Gasteiger partial charge in [-0.1, -0.05) is 30.3 Å². The van der Waals surface area contributed by atoms with E-state index in [0.717, 1.165) is 5.56 Å². The summed E-state index contributed by atoms with van der Waals surface area (Å²) in [4.78, 5) is 15.9. The topological polar surface area (TPSA) is 118 Å². The lowest BCUT2D eigenvalue weighted by Crippen LogP contribution is -2.30. The number of aliphatic hydroxyl groups is 2. The summed E-state index contributed by atoms with van der Waals surface area (Å²) in [6, 6.07) is 11.7. The second-order valence-corrected chi connectivity index (χ2v) is 5.09. The van der Waals surface area contributed by atoms with Crippen LogP contribution in [0.3, 0.4) is 0 Å². The van der Waals surface area contributed by atoms with Crippen molar-refractivity contribution in [2.24, 2.45) is 0 Å². The number of benzene rings is 1. The van der Waals surface area contributed by atoms with E-state index in [1.807, 2.05) is 12.1 Å². The van der Waals surface area contributed by atoms with Crippen LogP contribution in [-0.2, 0) is 0 Å². The molecule has 0 bridgehead atoms. The highest BCUT2D eigenvalue weighted by Crippen LogP contribution is 2.25. The molecule has 1 amide bonds. The molecule has 1 aromatic carbocycles. The van der Waals surface area contributed by atoms with Gasteiger partial charge in [-0.2, -0.15) is 5.26 Å². The van der Waals surface area contributed by atoms with Crippen molar-refractivity contribution in [2.75, 3.05) is 19.0 Å². The van der Waals surface area contributed by atoms with Gasteiger partial charge in [-0.15, -0.1) is 0 Å². The molecule has 1 aromatic heterocycles. The highest BCUT2D eigenvalue weighted by molar-refractivity contribution is 5.99. The molecule has 0 aliphatic rings. The molecule has 7 heteroatoms. The Kier molecular flexibility index (Phi) is 5.84. The molecule has 7 nitrogen and oxygen atoms in total. The summed E-state index contributed by atoms with van der Waals surface area (Å²) in [5.74, 6) is -0.375. The first kappa shape index (κ1) is 17.4. The largest absolute Gasteiger partial charge is 0.394 e. The molecule has 4 N–H and O–H groups in total. The Hall–Kier alpha value is -2.95. The monoisotopic (exact) mass is 326 g/mol. The molecule has 1 heterocycles. The van der Waals surface area contributed by atoms with E-state index in [2.05, 4.69) is 15.6 Å². The molecular weight excluding hydrogens is 308 g/mol. The van der Waals surface area contributed by atoms with Crippen LogP contribution in [0.5, 0.6) is 0 Å². The number of aliphatic hydroxyl groups excluding tert-OH is 2. The third kappa shape index (κ3) is 3.87. The number of amides is 1. The zero-order chi connectivity index (χ0) is 17.5. The van der Waals surface area contributed by atoms with Gasteiger partial charge >= 0.3 is 0 Å². The number of hydrogen-bond acceptors (Lipinski definition) is 6. The zero-order valence-corrected chi connectivity index (χ0v) is 13.1. The Morgan fingerprint density at radius 1 is 1.38 bits per heavy atom. The maximum Gasteiger partial charge on any atom is 0.254 e. The van der Waals surface area contributed by atoms with Gasteiger partial charge in [0.15, 0.2) is 0 Å². The van der Waals surface area contributed by atoms with Gasteiger partial charge in [-0.25, -0.2) is 4.98 Å². The van der Waals surface area contributed by atoms with Crippen LogP contribution in [0.15, 0.2) is 42.6 Å². The highest BCUT2D eigenvalue weighted by Gasteiger charge is 2.23. The first-order chi connectivity index (χ1) is 11.6. The maximum absolute atomic E-state index is 12.0. The van der Waals surface area contributed by atoms with Gasteiger partial charge in [0, 0.05) is 13.2 Å². The molecule has 2 aromatic rings. The minimum Gasteiger partial charge on any atom is -0.394 e. The predicted molar refractivity (Wildman–Crippen MR) is 88.2 cm³/mol.